The first kappa shape index (κ1) is 21.1. The molecular weight excluding hydrogens is 308 g/mol. The highest BCUT2D eigenvalue weighted by Gasteiger charge is 2.33. The molecule has 0 amide bonds. The Bertz CT molecular complexity index is 392. The Hall–Kier alpha value is -0.980. The molecule has 1 aromatic rings. The molecule has 0 atom stereocenters. The number of aliphatic hydroxyl groups excluding tert-OH is 1. The lowest BCUT2D eigenvalue weighted by molar-refractivity contribution is -0.223. The molecule has 1 N–H and O–H groups in total. The van der Waals surface area contributed by atoms with Crippen molar-refractivity contribution in [1.82, 2.24) is 0 Å². The molecule has 0 spiro atoms. The van der Waals surface area contributed by atoms with E-state index < -0.39 is 12.6 Å². The van der Waals surface area contributed by atoms with Crippen LogP contribution in [0.1, 0.15) is 44.7 Å². The predicted molar refractivity (Wildman–Crippen MR) is 94.1 cm³/mol. The molecule has 1 rings (SSSR count). The summed E-state index contributed by atoms with van der Waals surface area (Å²) in [5.41, 5.74) is 2.13. The fourth-order valence-electron chi connectivity index (χ4n) is 2.65. The van der Waals surface area contributed by atoms with Gasteiger partial charge in [0, 0.05) is 33.0 Å². The monoisotopic (exact) mass is 340 g/mol. The predicted octanol–water partition coefficient (Wildman–Crippen LogP) is 3.10. The van der Waals surface area contributed by atoms with Gasteiger partial charge in [0.1, 0.15) is 0 Å². The molecule has 0 unspecified atom stereocenters. The SMILES string of the molecule is CCOC(OCC)C(c1ccc(CCO)cc1)C(OCC)OCC. The summed E-state index contributed by atoms with van der Waals surface area (Å²) in [6, 6.07) is 8.10. The minimum absolute atomic E-state index is 0.143. The van der Waals surface area contributed by atoms with Crippen molar-refractivity contribution in [2.75, 3.05) is 33.0 Å². The Morgan fingerprint density at radius 1 is 0.750 bits per heavy atom. The van der Waals surface area contributed by atoms with Crippen LogP contribution in [-0.4, -0.2) is 50.7 Å². The second-order valence-electron chi connectivity index (χ2n) is 5.30. The smallest absolute Gasteiger partial charge is 0.169 e. The van der Waals surface area contributed by atoms with Crippen molar-refractivity contribution in [3.63, 3.8) is 0 Å². The molecule has 0 heterocycles. The lowest BCUT2D eigenvalue weighted by Crippen LogP contribution is -2.37. The van der Waals surface area contributed by atoms with Crippen LogP contribution in [0.15, 0.2) is 24.3 Å². The number of rotatable bonds is 13. The zero-order chi connectivity index (χ0) is 17.8. The van der Waals surface area contributed by atoms with Crippen molar-refractivity contribution in [3.8, 4) is 0 Å². The van der Waals surface area contributed by atoms with E-state index >= 15 is 0 Å². The Morgan fingerprint density at radius 2 is 1.17 bits per heavy atom. The summed E-state index contributed by atoms with van der Waals surface area (Å²) in [6.45, 7) is 10.1. The minimum Gasteiger partial charge on any atom is -0.396 e. The number of ether oxygens (including phenoxy) is 4. The highest BCUT2D eigenvalue weighted by molar-refractivity contribution is 5.26. The third-order valence-electron chi connectivity index (χ3n) is 3.68. The van der Waals surface area contributed by atoms with Crippen LogP contribution in [0.2, 0.25) is 0 Å². The van der Waals surface area contributed by atoms with Gasteiger partial charge in [-0.25, -0.2) is 0 Å². The van der Waals surface area contributed by atoms with E-state index in [0.29, 0.717) is 32.8 Å². The minimum atomic E-state index is -0.438. The summed E-state index contributed by atoms with van der Waals surface area (Å²) >= 11 is 0. The fourth-order valence-corrected chi connectivity index (χ4v) is 2.65. The average molecular weight is 340 g/mol. The van der Waals surface area contributed by atoms with Crippen molar-refractivity contribution >= 4 is 0 Å². The first-order chi connectivity index (χ1) is 11.7. The fraction of sp³-hybridized carbons (Fsp3) is 0.684. The van der Waals surface area contributed by atoms with Gasteiger partial charge >= 0.3 is 0 Å². The van der Waals surface area contributed by atoms with Gasteiger partial charge in [0.2, 0.25) is 0 Å². The van der Waals surface area contributed by atoms with Crippen molar-refractivity contribution in [2.45, 2.75) is 52.6 Å². The maximum Gasteiger partial charge on any atom is 0.169 e. The molecule has 5 heteroatoms. The number of benzene rings is 1. The molecule has 0 aliphatic heterocycles. The lowest BCUT2D eigenvalue weighted by atomic mass is 9.95. The van der Waals surface area contributed by atoms with E-state index in [1.807, 2.05) is 52.0 Å². The van der Waals surface area contributed by atoms with Crippen molar-refractivity contribution in [2.24, 2.45) is 0 Å². The Balaban J connectivity index is 3.12. The summed E-state index contributed by atoms with van der Waals surface area (Å²) < 4.78 is 23.3. The van der Waals surface area contributed by atoms with Crippen LogP contribution >= 0.6 is 0 Å². The topological polar surface area (TPSA) is 57.2 Å². The van der Waals surface area contributed by atoms with Crippen LogP contribution in [0, 0.1) is 0 Å². The van der Waals surface area contributed by atoms with E-state index in [9.17, 15) is 0 Å². The van der Waals surface area contributed by atoms with E-state index in [4.69, 9.17) is 24.1 Å². The zero-order valence-corrected chi connectivity index (χ0v) is 15.4. The summed E-state index contributed by atoms with van der Waals surface area (Å²) in [7, 11) is 0. The van der Waals surface area contributed by atoms with Gasteiger partial charge in [-0.1, -0.05) is 24.3 Å². The number of hydrogen-bond acceptors (Lipinski definition) is 5. The zero-order valence-electron chi connectivity index (χ0n) is 15.4. The van der Waals surface area contributed by atoms with E-state index in [2.05, 4.69) is 0 Å². The van der Waals surface area contributed by atoms with Crippen LogP contribution in [0.25, 0.3) is 0 Å². The summed E-state index contributed by atoms with van der Waals surface area (Å²) in [5, 5.41) is 9.07. The van der Waals surface area contributed by atoms with Gasteiger partial charge in [-0.2, -0.15) is 0 Å². The van der Waals surface area contributed by atoms with Crippen LogP contribution in [0.5, 0.6) is 0 Å². The average Bonchev–Trinajstić information content (AvgIpc) is 2.58. The van der Waals surface area contributed by atoms with Crippen LogP contribution < -0.4 is 0 Å². The molecule has 0 fully saturated rings. The second kappa shape index (κ2) is 12.4. The summed E-state index contributed by atoms with van der Waals surface area (Å²) in [5.74, 6) is -0.187. The maximum atomic E-state index is 9.07. The maximum absolute atomic E-state index is 9.07. The normalized spacial score (nSPS) is 11.8. The molecule has 0 bridgehead atoms. The Labute approximate surface area is 145 Å². The van der Waals surface area contributed by atoms with Gasteiger partial charge in [-0.05, 0) is 45.2 Å². The highest BCUT2D eigenvalue weighted by atomic mass is 16.7. The Morgan fingerprint density at radius 3 is 1.50 bits per heavy atom. The quantitative estimate of drug-likeness (QED) is 0.559. The molecule has 0 saturated carbocycles. The molecule has 5 nitrogen and oxygen atoms in total. The standard InChI is InChI=1S/C19H32O5/c1-5-21-18(22-6-2)17(19(23-7-3)24-8-4)16-11-9-15(10-12-16)13-14-20/h9-12,17-20H,5-8,13-14H2,1-4H3. The van der Waals surface area contributed by atoms with E-state index in [1.54, 1.807) is 0 Å². The van der Waals surface area contributed by atoms with Crippen molar-refractivity contribution < 1.29 is 24.1 Å². The highest BCUT2D eigenvalue weighted by Crippen LogP contribution is 2.30. The van der Waals surface area contributed by atoms with Crippen molar-refractivity contribution in [3.05, 3.63) is 35.4 Å². The van der Waals surface area contributed by atoms with Crippen molar-refractivity contribution in [1.29, 1.82) is 0 Å². The number of hydrogen-bond donors (Lipinski definition) is 1. The van der Waals surface area contributed by atoms with E-state index in [-0.39, 0.29) is 12.5 Å². The molecule has 0 aliphatic carbocycles. The lowest BCUT2D eigenvalue weighted by Gasteiger charge is -2.33. The molecule has 138 valence electrons. The Kier molecular flexibility index (Phi) is 10.9. The molecular formula is C19H32O5. The second-order valence-corrected chi connectivity index (χ2v) is 5.30. The van der Waals surface area contributed by atoms with Crippen LogP contribution in [-0.2, 0) is 25.4 Å². The summed E-state index contributed by atoms with van der Waals surface area (Å²) in [4.78, 5) is 0. The van der Waals surface area contributed by atoms with Gasteiger partial charge in [0.15, 0.2) is 12.6 Å². The van der Waals surface area contributed by atoms with E-state index in [1.165, 1.54) is 0 Å². The largest absolute Gasteiger partial charge is 0.396 e. The van der Waals surface area contributed by atoms with Gasteiger partial charge < -0.3 is 24.1 Å². The molecule has 1 aromatic carbocycles. The third-order valence-corrected chi connectivity index (χ3v) is 3.68. The molecule has 0 radical (unpaired) electrons. The van der Waals surface area contributed by atoms with Gasteiger partial charge in [0.25, 0.3) is 0 Å². The van der Waals surface area contributed by atoms with Gasteiger partial charge in [-0.3, -0.25) is 0 Å². The van der Waals surface area contributed by atoms with Gasteiger partial charge in [0.05, 0.1) is 5.92 Å². The first-order valence-corrected chi connectivity index (χ1v) is 8.87. The van der Waals surface area contributed by atoms with Crippen LogP contribution in [0.3, 0.4) is 0 Å². The van der Waals surface area contributed by atoms with Gasteiger partial charge in [-0.15, -0.1) is 0 Å². The van der Waals surface area contributed by atoms with E-state index in [0.717, 1.165) is 11.1 Å². The molecule has 24 heavy (non-hydrogen) atoms. The molecule has 0 aromatic heterocycles. The number of aliphatic hydroxyl groups is 1. The molecule has 0 aliphatic rings. The van der Waals surface area contributed by atoms with Crippen LogP contribution in [0.4, 0.5) is 0 Å². The third kappa shape index (κ3) is 6.49. The molecule has 0 saturated heterocycles. The first-order valence-electron chi connectivity index (χ1n) is 8.87. The summed E-state index contributed by atoms with van der Waals surface area (Å²) in [6.07, 6.45) is -0.232.